The number of nitrogens with zero attached hydrogens (tertiary/aromatic N) is 4. The normalized spacial score (nSPS) is 10.7. The summed E-state index contributed by atoms with van der Waals surface area (Å²) in [6.07, 6.45) is 3.37. The van der Waals surface area contributed by atoms with Crippen molar-refractivity contribution >= 4 is 11.9 Å². The Morgan fingerprint density at radius 2 is 2.05 bits per heavy atom. The first kappa shape index (κ1) is 15.0. The van der Waals surface area contributed by atoms with E-state index in [4.69, 9.17) is 4.52 Å². The van der Waals surface area contributed by atoms with E-state index in [1.165, 1.54) is 0 Å². The third-order valence-corrected chi connectivity index (χ3v) is 3.01. The minimum atomic E-state index is -0.191. The van der Waals surface area contributed by atoms with Gasteiger partial charge in [0, 0.05) is 50.6 Å². The Labute approximate surface area is 123 Å². The zero-order valence-electron chi connectivity index (χ0n) is 12.6. The molecule has 2 rings (SSSR count). The van der Waals surface area contributed by atoms with Gasteiger partial charge < -0.3 is 14.7 Å². The lowest BCUT2D eigenvalue weighted by Gasteiger charge is -2.15. The summed E-state index contributed by atoms with van der Waals surface area (Å²) in [5.74, 6) is 1.26. The maximum Gasteiger partial charge on any atom is 0.276 e. The van der Waals surface area contributed by atoms with Crippen molar-refractivity contribution in [3.63, 3.8) is 0 Å². The number of rotatable bonds is 5. The highest BCUT2D eigenvalue weighted by Gasteiger charge is 2.18. The van der Waals surface area contributed by atoms with Crippen LogP contribution < -0.4 is 5.32 Å². The van der Waals surface area contributed by atoms with Gasteiger partial charge in [0.25, 0.3) is 5.91 Å². The zero-order chi connectivity index (χ0) is 15.4. The molecule has 1 amide bonds. The summed E-state index contributed by atoms with van der Waals surface area (Å²) in [6.45, 7) is 4.38. The molecule has 2 aromatic rings. The third-order valence-electron chi connectivity index (χ3n) is 3.01. The van der Waals surface area contributed by atoms with Crippen LogP contribution in [0, 0.1) is 0 Å². The molecule has 0 aromatic carbocycles. The summed E-state index contributed by atoms with van der Waals surface area (Å²) in [7, 11) is 3.46. The molecule has 2 heterocycles. The molecule has 0 aliphatic rings. The summed E-state index contributed by atoms with van der Waals surface area (Å²) < 4.78 is 5.15. The molecule has 0 spiro atoms. The van der Waals surface area contributed by atoms with Crippen molar-refractivity contribution in [3.05, 3.63) is 35.5 Å². The Morgan fingerprint density at radius 3 is 2.57 bits per heavy atom. The monoisotopic (exact) mass is 289 g/mol. The van der Waals surface area contributed by atoms with Crippen molar-refractivity contribution in [3.8, 4) is 0 Å². The molecule has 0 saturated heterocycles. The van der Waals surface area contributed by atoms with Gasteiger partial charge in [-0.25, -0.2) is 9.97 Å². The number of hydrogen-bond acceptors (Lipinski definition) is 6. The summed E-state index contributed by atoms with van der Waals surface area (Å²) >= 11 is 0. The average molecular weight is 289 g/mol. The number of anilines is 1. The second-order valence-electron chi connectivity index (χ2n) is 5.10. The molecule has 0 aliphatic carbocycles. The van der Waals surface area contributed by atoms with Gasteiger partial charge in [-0.2, -0.15) is 0 Å². The molecule has 0 aliphatic heterocycles. The van der Waals surface area contributed by atoms with Crippen molar-refractivity contribution in [2.24, 2.45) is 0 Å². The van der Waals surface area contributed by atoms with E-state index in [1.54, 1.807) is 37.5 Å². The Kier molecular flexibility index (Phi) is 4.52. The highest BCUT2D eigenvalue weighted by Crippen LogP contribution is 2.16. The predicted octanol–water partition coefficient (Wildman–Crippen LogP) is 1.90. The maximum atomic E-state index is 12.3. The van der Waals surface area contributed by atoms with E-state index in [2.05, 4.69) is 20.4 Å². The van der Waals surface area contributed by atoms with Crippen LogP contribution in [0.25, 0.3) is 0 Å². The molecular formula is C14H19N5O2. The van der Waals surface area contributed by atoms with E-state index >= 15 is 0 Å². The van der Waals surface area contributed by atoms with Gasteiger partial charge in [0.1, 0.15) is 5.76 Å². The van der Waals surface area contributed by atoms with Gasteiger partial charge >= 0.3 is 0 Å². The quantitative estimate of drug-likeness (QED) is 0.905. The minimum Gasteiger partial charge on any atom is -0.360 e. The summed E-state index contributed by atoms with van der Waals surface area (Å²) in [4.78, 5) is 22.0. The van der Waals surface area contributed by atoms with Crippen LogP contribution in [0.5, 0.6) is 0 Å². The molecule has 7 nitrogen and oxygen atoms in total. The van der Waals surface area contributed by atoms with Crippen LogP contribution in [0.1, 0.15) is 41.6 Å². The van der Waals surface area contributed by atoms with Crippen molar-refractivity contribution in [2.45, 2.75) is 26.3 Å². The van der Waals surface area contributed by atoms with Gasteiger partial charge in [0.15, 0.2) is 5.69 Å². The molecule has 112 valence electrons. The standard InChI is InChI=1S/C14H19N5O2/c1-9(2)12-5-11(18-21-12)13(20)19(4)8-10-6-16-14(15-3)17-7-10/h5-7,9H,8H2,1-4H3,(H,15,16,17). The van der Waals surface area contributed by atoms with E-state index in [0.717, 1.165) is 5.56 Å². The Balaban J connectivity index is 2.04. The second kappa shape index (κ2) is 6.34. The highest BCUT2D eigenvalue weighted by molar-refractivity contribution is 5.92. The molecule has 0 saturated carbocycles. The molecule has 0 unspecified atom stereocenters. The molecule has 21 heavy (non-hydrogen) atoms. The first-order chi connectivity index (χ1) is 10.0. The first-order valence-corrected chi connectivity index (χ1v) is 6.72. The van der Waals surface area contributed by atoms with Crippen LogP contribution in [0.15, 0.2) is 23.0 Å². The van der Waals surface area contributed by atoms with E-state index < -0.39 is 0 Å². The zero-order valence-corrected chi connectivity index (χ0v) is 12.6. The molecular weight excluding hydrogens is 270 g/mol. The van der Waals surface area contributed by atoms with Crippen molar-refractivity contribution < 1.29 is 9.32 Å². The smallest absolute Gasteiger partial charge is 0.276 e. The SMILES string of the molecule is CNc1ncc(CN(C)C(=O)c2cc(C(C)C)on2)cn1. The summed E-state index contributed by atoms with van der Waals surface area (Å²) in [6, 6.07) is 1.68. The second-order valence-corrected chi connectivity index (χ2v) is 5.10. The Hall–Kier alpha value is -2.44. The van der Waals surface area contributed by atoms with Crippen LogP contribution in [0.4, 0.5) is 5.95 Å². The van der Waals surface area contributed by atoms with E-state index in [0.29, 0.717) is 23.9 Å². The predicted molar refractivity (Wildman–Crippen MR) is 78.0 cm³/mol. The molecule has 0 fully saturated rings. The van der Waals surface area contributed by atoms with Gasteiger partial charge in [0.2, 0.25) is 5.95 Å². The van der Waals surface area contributed by atoms with Crippen molar-refractivity contribution in [2.75, 3.05) is 19.4 Å². The number of nitrogens with one attached hydrogen (secondary N) is 1. The molecule has 0 atom stereocenters. The van der Waals surface area contributed by atoms with Crippen LogP contribution >= 0.6 is 0 Å². The largest absolute Gasteiger partial charge is 0.360 e. The van der Waals surface area contributed by atoms with Crippen LogP contribution in [0.3, 0.4) is 0 Å². The van der Waals surface area contributed by atoms with E-state index in [1.807, 2.05) is 13.8 Å². The number of hydrogen-bond donors (Lipinski definition) is 1. The van der Waals surface area contributed by atoms with Crippen molar-refractivity contribution in [1.29, 1.82) is 0 Å². The Bertz CT molecular complexity index is 606. The van der Waals surface area contributed by atoms with Gasteiger partial charge in [0.05, 0.1) is 0 Å². The highest BCUT2D eigenvalue weighted by atomic mass is 16.5. The maximum absolute atomic E-state index is 12.3. The van der Waals surface area contributed by atoms with Gasteiger partial charge in [-0.1, -0.05) is 19.0 Å². The fourth-order valence-electron chi connectivity index (χ4n) is 1.77. The number of carbonyl (C=O) groups is 1. The number of amides is 1. The number of carbonyl (C=O) groups excluding carboxylic acids is 1. The van der Waals surface area contributed by atoms with Gasteiger partial charge in [-0.05, 0) is 0 Å². The topological polar surface area (TPSA) is 84.2 Å². The van der Waals surface area contributed by atoms with Crippen LogP contribution in [-0.2, 0) is 6.54 Å². The fourth-order valence-corrected chi connectivity index (χ4v) is 1.77. The molecule has 1 N–H and O–H groups in total. The Morgan fingerprint density at radius 1 is 1.38 bits per heavy atom. The fraction of sp³-hybridized carbons (Fsp3) is 0.429. The van der Waals surface area contributed by atoms with Gasteiger partial charge in [-0.3, -0.25) is 4.79 Å². The lowest BCUT2D eigenvalue weighted by atomic mass is 10.1. The third kappa shape index (κ3) is 3.56. The average Bonchev–Trinajstić information content (AvgIpc) is 2.97. The molecule has 0 bridgehead atoms. The molecule has 7 heteroatoms. The lowest BCUT2D eigenvalue weighted by Crippen LogP contribution is -2.26. The van der Waals surface area contributed by atoms with Gasteiger partial charge in [-0.15, -0.1) is 0 Å². The van der Waals surface area contributed by atoms with Crippen molar-refractivity contribution in [1.82, 2.24) is 20.0 Å². The number of aromatic nitrogens is 3. The molecule has 2 aromatic heterocycles. The lowest BCUT2D eigenvalue weighted by molar-refractivity contribution is 0.0774. The molecule has 0 radical (unpaired) electrons. The minimum absolute atomic E-state index is 0.191. The van der Waals surface area contributed by atoms with E-state index in [9.17, 15) is 4.79 Å². The van der Waals surface area contributed by atoms with E-state index in [-0.39, 0.29) is 11.8 Å². The first-order valence-electron chi connectivity index (χ1n) is 6.72. The van der Waals surface area contributed by atoms with Crippen LogP contribution in [0.2, 0.25) is 0 Å². The summed E-state index contributed by atoms with van der Waals surface area (Å²) in [5, 5.41) is 6.66. The summed E-state index contributed by atoms with van der Waals surface area (Å²) in [5.41, 5.74) is 1.16. The van der Waals surface area contributed by atoms with Crippen LogP contribution in [-0.4, -0.2) is 40.0 Å².